The minimum absolute atomic E-state index is 0.00535. The second-order valence-corrected chi connectivity index (χ2v) is 4.28. The van der Waals surface area contributed by atoms with E-state index < -0.39 is 4.92 Å². The van der Waals surface area contributed by atoms with Crippen LogP contribution in [0.15, 0.2) is 24.3 Å². The van der Waals surface area contributed by atoms with Gasteiger partial charge in [-0.2, -0.15) is 0 Å². The lowest BCUT2D eigenvalue weighted by atomic mass is 10.1. The molecule has 0 bridgehead atoms. The van der Waals surface area contributed by atoms with E-state index in [2.05, 4.69) is 5.32 Å². The molecule has 17 heavy (non-hydrogen) atoms. The molecule has 5 heteroatoms. The van der Waals surface area contributed by atoms with Crippen molar-refractivity contribution in [2.24, 2.45) is 5.92 Å². The van der Waals surface area contributed by atoms with Gasteiger partial charge >= 0.3 is 0 Å². The van der Waals surface area contributed by atoms with Gasteiger partial charge in [-0.25, -0.2) is 0 Å². The number of nitro groups is 1. The lowest BCUT2D eigenvalue weighted by Crippen LogP contribution is -2.20. The average molecular weight is 234 g/mol. The average Bonchev–Trinajstić information content (AvgIpc) is 2.82. The van der Waals surface area contributed by atoms with Crippen molar-refractivity contribution in [1.82, 2.24) is 0 Å². The number of amides is 1. The first-order valence-corrected chi connectivity index (χ1v) is 5.72. The van der Waals surface area contributed by atoms with Gasteiger partial charge in [-0.3, -0.25) is 14.9 Å². The number of anilines is 1. The lowest BCUT2D eigenvalue weighted by Gasteiger charge is -2.09. The number of non-ortho nitro benzene ring substituents is 1. The number of hydrogen-bond acceptors (Lipinski definition) is 3. The molecule has 0 radical (unpaired) electrons. The van der Waals surface area contributed by atoms with Crippen LogP contribution in [0.5, 0.6) is 0 Å². The Hall–Kier alpha value is -1.91. The number of nitro benzene ring substituents is 1. The van der Waals surface area contributed by atoms with Crippen LogP contribution >= 0.6 is 0 Å². The van der Waals surface area contributed by atoms with E-state index in [1.165, 1.54) is 12.1 Å². The molecule has 2 rings (SSSR count). The first-order valence-electron chi connectivity index (χ1n) is 5.72. The SMILES string of the molecule is O=C(Nc1cccc([N+](=O)[O-])c1)C1CCCC1. The van der Waals surface area contributed by atoms with Crippen molar-refractivity contribution in [3.05, 3.63) is 34.4 Å². The highest BCUT2D eigenvalue weighted by atomic mass is 16.6. The molecule has 0 spiro atoms. The Labute approximate surface area is 99.0 Å². The zero-order chi connectivity index (χ0) is 12.3. The second kappa shape index (κ2) is 4.95. The maximum absolute atomic E-state index is 11.8. The topological polar surface area (TPSA) is 72.2 Å². The van der Waals surface area contributed by atoms with Crippen LogP contribution in [-0.2, 0) is 4.79 Å². The van der Waals surface area contributed by atoms with Crippen molar-refractivity contribution in [2.45, 2.75) is 25.7 Å². The summed E-state index contributed by atoms with van der Waals surface area (Å²) < 4.78 is 0. The smallest absolute Gasteiger partial charge is 0.271 e. The molecule has 0 atom stereocenters. The molecular weight excluding hydrogens is 220 g/mol. The van der Waals surface area contributed by atoms with Gasteiger partial charge in [0.05, 0.1) is 4.92 Å². The molecule has 90 valence electrons. The number of nitrogens with zero attached hydrogens (tertiary/aromatic N) is 1. The van der Waals surface area contributed by atoms with Crippen molar-refractivity contribution in [2.75, 3.05) is 5.32 Å². The van der Waals surface area contributed by atoms with Gasteiger partial charge in [0.1, 0.15) is 0 Å². The van der Waals surface area contributed by atoms with E-state index in [9.17, 15) is 14.9 Å². The third-order valence-corrected chi connectivity index (χ3v) is 3.05. The molecule has 5 nitrogen and oxygen atoms in total. The Morgan fingerprint density at radius 1 is 1.35 bits per heavy atom. The van der Waals surface area contributed by atoms with Gasteiger partial charge < -0.3 is 5.32 Å². The van der Waals surface area contributed by atoms with Crippen LogP contribution in [0.4, 0.5) is 11.4 Å². The number of rotatable bonds is 3. The Bertz CT molecular complexity index is 439. The summed E-state index contributed by atoms with van der Waals surface area (Å²) in [7, 11) is 0. The molecule has 0 aromatic heterocycles. The van der Waals surface area contributed by atoms with Crippen molar-refractivity contribution >= 4 is 17.3 Å². The van der Waals surface area contributed by atoms with E-state index in [0.29, 0.717) is 5.69 Å². The highest BCUT2D eigenvalue weighted by molar-refractivity contribution is 5.92. The van der Waals surface area contributed by atoms with Crippen LogP contribution in [0.25, 0.3) is 0 Å². The Kier molecular flexibility index (Phi) is 3.37. The van der Waals surface area contributed by atoms with E-state index in [1.54, 1.807) is 12.1 Å². The van der Waals surface area contributed by atoms with E-state index in [-0.39, 0.29) is 17.5 Å². The van der Waals surface area contributed by atoms with E-state index in [1.807, 2.05) is 0 Å². The molecule has 0 saturated heterocycles. The first-order chi connectivity index (χ1) is 8.16. The summed E-state index contributed by atoms with van der Waals surface area (Å²) in [4.78, 5) is 21.9. The summed E-state index contributed by atoms with van der Waals surface area (Å²) >= 11 is 0. The van der Waals surface area contributed by atoms with Crippen LogP contribution in [0.2, 0.25) is 0 Å². The van der Waals surface area contributed by atoms with Gasteiger partial charge in [0.2, 0.25) is 5.91 Å². The third-order valence-electron chi connectivity index (χ3n) is 3.05. The number of hydrogen-bond donors (Lipinski definition) is 1. The molecule has 1 N–H and O–H groups in total. The lowest BCUT2D eigenvalue weighted by molar-refractivity contribution is -0.384. The van der Waals surface area contributed by atoms with Crippen LogP contribution in [0.3, 0.4) is 0 Å². The maximum atomic E-state index is 11.8. The molecule has 1 fully saturated rings. The molecular formula is C12H14N2O3. The van der Waals surface area contributed by atoms with Crippen molar-refractivity contribution in [1.29, 1.82) is 0 Å². The molecule has 1 aromatic carbocycles. The minimum atomic E-state index is -0.467. The van der Waals surface area contributed by atoms with Crippen LogP contribution < -0.4 is 5.32 Å². The van der Waals surface area contributed by atoms with Crippen molar-refractivity contribution in [3.63, 3.8) is 0 Å². The quantitative estimate of drug-likeness (QED) is 0.645. The van der Waals surface area contributed by atoms with E-state index in [0.717, 1.165) is 25.7 Å². The van der Waals surface area contributed by atoms with Gasteiger partial charge in [0.25, 0.3) is 5.69 Å². The largest absolute Gasteiger partial charge is 0.326 e. The standard InChI is InChI=1S/C12H14N2O3/c15-12(9-4-1-2-5-9)13-10-6-3-7-11(8-10)14(16)17/h3,6-9H,1-2,4-5H2,(H,13,15). The molecule has 1 aliphatic rings. The Morgan fingerprint density at radius 2 is 2.06 bits per heavy atom. The second-order valence-electron chi connectivity index (χ2n) is 4.28. The summed E-state index contributed by atoms with van der Waals surface area (Å²) in [6, 6.07) is 6.03. The summed E-state index contributed by atoms with van der Waals surface area (Å²) in [6.07, 6.45) is 4.02. The van der Waals surface area contributed by atoms with Crippen LogP contribution in [0.1, 0.15) is 25.7 Å². The fraction of sp³-hybridized carbons (Fsp3) is 0.417. The normalized spacial score (nSPS) is 15.8. The van der Waals surface area contributed by atoms with Gasteiger partial charge in [0, 0.05) is 23.7 Å². The monoisotopic (exact) mass is 234 g/mol. The molecule has 0 aliphatic heterocycles. The fourth-order valence-electron chi connectivity index (χ4n) is 2.13. The summed E-state index contributed by atoms with van der Waals surface area (Å²) in [5.41, 5.74) is 0.491. The molecule has 0 unspecified atom stereocenters. The first kappa shape index (κ1) is 11.6. The molecule has 0 heterocycles. The van der Waals surface area contributed by atoms with E-state index >= 15 is 0 Å². The van der Waals surface area contributed by atoms with Crippen molar-refractivity contribution in [3.8, 4) is 0 Å². The highest BCUT2D eigenvalue weighted by Crippen LogP contribution is 2.26. The highest BCUT2D eigenvalue weighted by Gasteiger charge is 2.22. The maximum Gasteiger partial charge on any atom is 0.271 e. The summed E-state index contributed by atoms with van der Waals surface area (Å²) in [6.45, 7) is 0. The van der Waals surface area contributed by atoms with E-state index in [4.69, 9.17) is 0 Å². The Balaban J connectivity index is 2.05. The molecule has 1 aliphatic carbocycles. The zero-order valence-electron chi connectivity index (χ0n) is 9.39. The van der Waals surface area contributed by atoms with Crippen LogP contribution in [0, 0.1) is 16.0 Å². The predicted octanol–water partition coefficient (Wildman–Crippen LogP) is 2.72. The van der Waals surface area contributed by atoms with Gasteiger partial charge in [-0.1, -0.05) is 18.9 Å². The number of carbonyl (C=O) groups is 1. The number of nitrogens with one attached hydrogen (secondary N) is 1. The van der Waals surface area contributed by atoms with Gasteiger partial charge in [-0.15, -0.1) is 0 Å². The molecule has 1 amide bonds. The predicted molar refractivity (Wildman–Crippen MR) is 63.7 cm³/mol. The summed E-state index contributed by atoms with van der Waals surface area (Å²) in [5.74, 6) is 0.0391. The minimum Gasteiger partial charge on any atom is -0.326 e. The molecule has 1 aromatic rings. The zero-order valence-corrected chi connectivity index (χ0v) is 9.39. The third kappa shape index (κ3) is 2.81. The summed E-state index contributed by atoms with van der Waals surface area (Å²) in [5, 5.41) is 13.3. The van der Waals surface area contributed by atoms with Crippen molar-refractivity contribution < 1.29 is 9.72 Å². The fourth-order valence-corrected chi connectivity index (χ4v) is 2.13. The molecule has 1 saturated carbocycles. The van der Waals surface area contributed by atoms with Gasteiger partial charge in [0.15, 0.2) is 0 Å². The van der Waals surface area contributed by atoms with Crippen LogP contribution in [-0.4, -0.2) is 10.8 Å². The number of carbonyl (C=O) groups excluding carboxylic acids is 1. The number of benzene rings is 1. The van der Waals surface area contributed by atoms with Gasteiger partial charge in [-0.05, 0) is 18.9 Å². The Morgan fingerprint density at radius 3 is 2.71 bits per heavy atom.